The summed E-state index contributed by atoms with van der Waals surface area (Å²) in [6.45, 7) is 0.228. The van der Waals surface area contributed by atoms with E-state index in [0.29, 0.717) is 28.5 Å². The van der Waals surface area contributed by atoms with Crippen LogP contribution in [-0.2, 0) is 6.54 Å². The van der Waals surface area contributed by atoms with Crippen LogP contribution in [0.5, 0.6) is 17.2 Å². The highest BCUT2D eigenvalue weighted by Gasteiger charge is 2.14. The second-order valence-corrected chi connectivity index (χ2v) is 6.51. The molecular formula is C24H20N2O4. The van der Waals surface area contributed by atoms with Gasteiger partial charge >= 0.3 is 0 Å². The van der Waals surface area contributed by atoms with Crippen LogP contribution in [0.3, 0.4) is 0 Å². The van der Waals surface area contributed by atoms with Gasteiger partial charge in [-0.3, -0.25) is 4.79 Å². The summed E-state index contributed by atoms with van der Waals surface area (Å²) < 4.78 is 16.5. The van der Waals surface area contributed by atoms with Gasteiger partial charge in [-0.15, -0.1) is 0 Å². The SMILES string of the molecule is COc1cccc(-c2cc(CNC(=O)c3ccccc3Oc3ccccc3)no2)c1. The van der Waals surface area contributed by atoms with Crippen molar-refractivity contribution in [2.45, 2.75) is 6.54 Å². The Balaban J connectivity index is 1.44. The standard InChI is InChI=1S/C24H20N2O4/c1-28-20-11-7-8-17(14-20)23-15-18(26-30-23)16-25-24(27)21-12-5-6-13-22(21)29-19-9-3-2-4-10-19/h2-15H,16H2,1H3,(H,25,27). The number of ether oxygens (including phenoxy) is 2. The van der Waals surface area contributed by atoms with Crippen molar-refractivity contribution >= 4 is 5.91 Å². The molecule has 1 heterocycles. The van der Waals surface area contributed by atoms with Crippen molar-refractivity contribution in [3.63, 3.8) is 0 Å². The highest BCUT2D eigenvalue weighted by Crippen LogP contribution is 2.26. The molecule has 0 aliphatic carbocycles. The summed E-state index contributed by atoms with van der Waals surface area (Å²) in [4.78, 5) is 12.7. The van der Waals surface area contributed by atoms with Gasteiger partial charge in [0.25, 0.3) is 5.91 Å². The van der Waals surface area contributed by atoms with E-state index in [9.17, 15) is 4.79 Å². The summed E-state index contributed by atoms with van der Waals surface area (Å²) in [5, 5.41) is 6.90. The second kappa shape index (κ2) is 8.96. The second-order valence-electron chi connectivity index (χ2n) is 6.51. The average molecular weight is 400 g/mol. The molecule has 30 heavy (non-hydrogen) atoms. The van der Waals surface area contributed by atoms with E-state index in [1.54, 1.807) is 31.4 Å². The van der Waals surface area contributed by atoms with Crippen LogP contribution in [-0.4, -0.2) is 18.2 Å². The maximum Gasteiger partial charge on any atom is 0.255 e. The topological polar surface area (TPSA) is 73.6 Å². The predicted molar refractivity (Wildman–Crippen MR) is 113 cm³/mol. The van der Waals surface area contributed by atoms with Crippen molar-refractivity contribution in [1.82, 2.24) is 10.5 Å². The van der Waals surface area contributed by atoms with Crippen molar-refractivity contribution in [3.05, 3.63) is 96.2 Å². The van der Waals surface area contributed by atoms with Crippen molar-refractivity contribution in [2.24, 2.45) is 0 Å². The number of carbonyl (C=O) groups is 1. The van der Waals surface area contributed by atoms with Crippen LogP contribution in [0.1, 0.15) is 16.1 Å². The van der Waals surface area contributed by atoms with E-state index in [0.717, 1.165) is 11.3 Å². The summed E-state index contributed by atoms with van der Waals surface area (Å²) in [7, 11) is 1.61. The zero-order chi connectivity index (χ0) is 20.8. The van der Waals surface area contributed by atoms with E-state index in [2.05, 4.69) is 10.5 Å². The summed E-state index contributed by atoms with van der Waals surface area (Å²) in [5.74, 6) is 2.22. The lowest BCUT2D eigenvalue weighted by molar-refractivity contribution is 0.0948. The smallest absolute Gasteiger partial charge is 0.255 e. The Labute approximate surface area is 174 Å². The zero-order valence-corrected chi connectivity index (χ0v) is 16.4. The summed E-state index contributed by atoms with van der Waals surface area (Å²) in [6.07, 6.45) is 0. The fraction of sp³-hybridized carbons (Fsp3) is 0.0833. The van der Waals surface area contributed by atoms with Gasteiger partial charge in [0.05, 0.1) is 19.2 Å². The number of rotatable bonds is 7. The lowest BCUT2D eigenvalue weighted by Crippen LogP contribution is -2.23. The van der Waals surface area contributed by atoms with Crippen molar-refractivity contribution < 1.29 is 18.8 Å². The predicted octanol–water partition coefficient (Wildman–Crippen LogP) is 5.07. The first-order valence-electron chi connectivity index (χ1n) is 9.43. The van der Waals surface area contributed by atoms with Gasteiger partial charge in [-0.2, -0.15) is 0 Å². The van der Waals surface area contributed by atoms with Gasteiger partial charge < -0.3 is 19.3 Å². The Hall–Kier alpha value is -4.06. The van der Waals surface area contributed by atoms with Crippen LogP contribution < -0.4 is 14.8 Å². The number of methoxy groups -OCH3 is 1. The lowest BCUT2D eigenvalue weighted by atomic mass is 10.1. The molecule has 0 saturated carbocycles. The molecule has 150 valence electrons. The molecule has 0 saturated heterocycles. The summed E-state index contributed by atoms with van der Waals surface area (Å²) in [5.41, 5.74) is 1.90. The Kier molecular flexibility index (Phi) is 5.75. The van der Waals surface area contributed by atoms with Crippen LogP contribution in [0, 0.1) is 0 Å². The molecular weight excluding hydrogens is 380 g/mol. The van der Waals surface area contributed by atoms with Crippen molar-refractivity contribution in [2.75, 3.05) is 7.11 Å². The molecule has 0 radical (unpaired) electrons. The van der Waals surface area contributed by atoms with Gasteiger partial charge in [-0.05, 0) is 36.4 Å². The molecule has 1 aromatic heterocycles. The van der Waals surface area contributed by atoms with E-state index in [-0.39, 0.29) is 12.5 Å². The Morgan fingerprint density at radius 3 is 2.53 bits per heavy atom. The third kappa shape index (κ3) is 4.50. The fourth-order valence-electron chi connectivity index (χ4n) is 2.93. The molecule has 0 spiro atoms. The molecule has 6 heteroatoms. The van der Waals surface area contributed by atoms with Crippen molar-refractivity contribution in [3.8, 4) is 28.6 Å². The summed E-state index contributed by atoms with van der Waals surface area (Å²) >= 11 is 0. The molecule has 0 aliphatic heterocycles. The molecule has 0 unspecified atom stereocenters. The molecule has 0 bridgehead atoms. The Morgan fingerprint density at radius 2 is 1.70 bits per heavy atom. The third-order valence-electron chi connectivity index (χ3n) is 4.45. The minimum atomic E-state index is -0.257. The number of amides is 1. The number of hydrogen-bond acceptors (Lipinski definition) is 5. The molecule has 1 N–H and O–H groups in total. The van der Waals surface area contributed by atoms with E-state index < -0.39 is 0 Å². The molecule has 3 aromatic carbocycles. The van der Waals surface area contributed by atoms with Gasteiger partial charge in [0.1, 0.15) is 22.9 Å². The molecule has 0 aliphatic rings. The Morgan fingerprint density at radius 1 is 0.933 bits per heavy atom. The molecule has 4 rings (SSSR count). The third-order valence-corrected chi connectivity index (χ3v) is 4.45. The largest absolute Gasteiger partial charge is 0.497 e. The number of nitrogens with one attached hydrogen (secondary N) is 1. The zero-order valence-electron chi connectivity index (χ0n) is 16.4. The molecule has 1 amide bonds. The summed E-state index contributed by atoms with van der Waals surface area (Å²) in [6, 6.07) is 25.7. The number of benzene rings is 3. The van der Waals surface area contributed by atoms with Gasteiger partial charge in [-0.25, -0.2) is 0 Å². The normalized spacial score (nSPS) is 10.4. The van der Waals surface area contributed by atoms with Crippen LogP contribution in [0.2, 0.25) is 0 Å². The van der Waals surface area contributed by atoms with Crippen LogP contribution in [0.4, 0.5) is 0 Å². The average Bonchev–Trinajstić information content (AvgIpc) is 3.28. The van der Waals surface area contributed by atoms with Crippen LogP contribution in [0.15, 0.2) is 89.5 Å². The Bertz CT molecular complexity index is 1140. The maximum atomic E-state index is 12.7. The number of hydrogen-bond donors (Lipinski definition) is 1. The minimum absolute atomic E-state index is 0.228. The first-order chi connectivity index (χ1) is 14.7. The number of carbonyl (C=O) groups excluding carboxylic acids is 1. The van der Waals surface area contributed by atoms with E-state index >= 15 is 0 Å². The number of aromatic nitrogens is 1. The van der Waals surface area contributed by atoms with Gasteiger partial charge in [-0.1, -0.05) is 47.6 Å². The molecule has 4 aromatic rings. The van der Waals surface area contributed by atoms with Gasteiger partial charge in [0, 0.05) is 11.6 Å². The first-order valence-corrected chi connectivity index (χ1v) is 9.43. The van der Waals surface area contributed by atoms with Gasteiger partial charge in [0.15, 0.2) is 5.76 Å². The molecule has 0 atom stereocenters. The highest BCUT2D eigenvalue weighted by atomic mass is 16.5. The number of nitrogens with zero attached hydrogens (tertiary/aromatic N) is 1. The van der Waals surface area contributed by atoms with E-state index in [4.69, 9.17) is 14.0 Å². The minimum Gasteiger partial charge on any atom is -0.497 e. The number of para-hydroxylation sites is 2. The molecule has 6 nitrogen and oxygen atoms in total. The van der Waals surface area contributed by atoms with Crippen LogP contribution >= 0.6 is 0 Å². The van der Waals surface area contributed by atoms with E-state index in [1.165, 1.54) is 0 Å². The maximum absolute atomic E-state index is 12.7. The highest BCUT2D eigenvalue weighted by molar-refractivity contribution is 5.96. The quantitative estimate of drug-likeness (QED) is 0.469. The molecule has 0 fully saturated rings. The van der Waals surface area contributed by atoms with Gasteiger partial charge in [0.2, 0.25) is 0 Å². The lowest BCUT2D eigenvalue weighted by Gasteiger charge is -2.10. The first kappa shape index (κ1) is 19.3. The fourth-order valence-corrected chi connectivity index (χ4v) is 2.93. The monoisotopic (exact) mass is 400 g/mol. The van der Waals surface area contributed by atoms with E-state index in [1.807, 2.05) is 60.7 Å². The van der Waals surface area contributed by atoms with Crippen LogP contribution in [0.25, 0.3) is 11.3 Å². The van der Waals surface area contributed by atoms with Crippen molar-refractivity contribution in [1.29, 1.82) is 0 Å².